The summed E-state index contributed by atoms with van der Waals surface area (Å²) >= 11 is 0. The summed E-state index contributed by atoms with van der Waals surface area (Å²) in [7, 11) is -4.19. The Labute approximate surface area is 138 Å². The lowest BCUT2D eigenvalue weighted by atomic mass is 9.95. The van der Waals surface area contributed by atoms with Crippen LogP contribution >= 0.6 is 0 Å². The Morgan fingerprint density at radius 1 is 1.22 bits per heavy atom. The molecular formula is C16H27NO5S. The van der Waals surface area contributed by atoms with Gasteiger partial charge in [0.05, 0.1) is 5.92 Å². The lowest BCUT2D eigenvalue weighted by Gasteiger charge is -2.26. The van der Waals surface area contributed by atoms with Gasteiger partial charge in [-0.05, 0) is 32.1 Å². The molecule has 23 heavy (non-hydrogen) atoms. The second-order valence-corrected chi connectivity index (χ2v) is 8.01. The summed E-state index contributed by atoms with van der Waals surface area (Å²) in [6.07, 6.45) is 11.2. The minimum Gasteiger partial charge on any atom is -0.459 e. The molecule has 2 unspecified atom stereocenters. The molecule has 2 rings (SSSR count). The van der Waals surface area contributed by atoms with Crippen LogP contribution < -0.4 is 5.32 Å². The zero-order chi connectivity index (χ0) is 16.7. The van der Waals surface area contributed by atoms with Crippen molar-refractivity contribution in [1.29, 1.82) is 0 Å². The predicted molar refractivity (Wildman–Crippen MR) is 87.7 cm³/mol. The summed E-state index contributed by atoms with van der Waals surface area (Å²) < 4.78 is 36.8. The van der Waals surface area contributed by atoms with Crippen LogP contribution in [-0.4, -0.2) is 43.4 Å². The van der Waals surface area contributed by atoms with E-state index in [1.807, 2.05) is 12.2 Å². The smallest absolute Gasteiger partial charge is 0.313 e. The highest BCUT2D eigenvalue weighted by molar-refractivity contribution is 7.85. The van der Waals surface area contributed by atoms with E-state index in [1.165, 1.54) is 6.42 Å². The number of hydrogen-bond acceptors (Lipinski definition) is 5. The van der Waals surface area contributed by atoms with Crippen LogP contribution in [0.5, 0.6) is 0 Å². The van der Waals surface area contributed by atoms with Gasteiger partial charge in [0.2, 0.25) is 0 Å². The summed E-state index contributed by atoms with van der Waals surface area (Å²) in [4.78, 5) is 12.2. The topological polar surface area (TPSA) is 92.7 Å². The van der Waals surface area contributed by atoms with Crippen molar-refractivity contribution in [3.63, 3.8) is 0 Å². The molecule has 0 aromatic carbocycles. The van der Waals surface area contributed by atoms with Crippen LogP contribution in [0.1, 0.15) is 51.4 Å². The highest BCUT2D eigenvalue weighted by Gasteiger charge is 2.26. The molecule has 0 aromatic rings. The highest BCUT2D eigenvalue weighted by Crippen LogP contribution is 2.20. The number of hydrogen-bond donors (Lipinski definition) is 2. The van der Waals surface area contributed by atoms with E-state index in [2.05, 4.69) is 5.32 Å². The molecule has 0 radical (unpaired) electrons. The number of allylic oxidation sites excluding steroid dienone is 1. The van der Waals surface area contributed by atoms with Crippen molar-refractivity contribution in [2.45, 2.75) is 63.5 Å². The summed E-state index contributed by atoms with van der Waals surface area (Å²) in [6, 6.07) is 0.334. The van der Waals surface area contributed by atoms with E-state index in [-0.39, 0.29) is 12.5 Å². The van der Waals surface area contributed by atoms with Crippen LogP contribution in [0.3, 0.4) is 0 Å². The Morgan fingerprint density at radius 2 is 1.96 bits per heavy atom. The van der Waals surface area contributed by atoms with Crippen LogP contribution in [0.15, 0.2) is 12.2 Å². The molecule has 0 saturated heterocycles. The molecule has 2 N–H and O–H groups in total. The number of esters is 1. The van der Waals surface area contributed by atoms with Crippen LogP contribution in [0.4, 0.5) is 0 Å². The largest absolute Gasteiger partial charge is 0.459 e. The molecule has 2 aliphatic rings. The molecule has 0 heterocycles. The van der Waals surface area contributed by atoms with E-state index >= 15 is 0 Å². The lowest BCUT2D eigenvalue weighted by Crippen LogP contribution is -2.42. The average molecular weight is 345 g/mol. The van der Waals surface area contributed by atoms with Gasteiger partial charge in [-0.25, -0.2) is 0 Å². The van der Waals surface area contributed by atoms with Gasteiger partial charge in [0.1, 0.15) is 11.9 Å². The number of carbonyl (C=O) groups excluding carboxylic acids is 1. The van der Waals surface area contributed by atoms with Gasteiger partial charge in [0.15, 0.2) is 0 Å². The first-order chi connectivity index (χ1) is 10.9. The van der Waals surface area contributed by atoms with Crippen molar-refractivity contribution in [2.24, 2.45) is 5.92 Å². The minimum absolute atomic E-state index is 0.257. The Morgan fingerprint density at radius 3 is 2.57 bits per heavy atom. The van der Waals surface area contributed by atoms with Gasteiger partial charge in [-0.15, -0.1) is 0 Å². The average Bonchev–Trinajstić information content (AvgIpc) is 2.53. The van der Waals surface area contributed by atoms with E-state index in [1.54, 1.807) is 0 Å². The summed E-state index contributed by atoms with van der Waals surface area (Å²) in [5.41, 5.74) is 0. The van der Waals surface area contributed by atoms with Crippen molar-refractivity contribution in [2.75, 3.05) is 12.3 Å². The molecule has 1 fully saturated rings. The van der Waals surface area contributed by atoms with Gasteiger partial charge < -0.3 is 10.1 Å². The number of carbonyl (C=O) groups is 1. The first-order valence-corrected chi connectivity index (χ1v) is 10.1. The second kappa shape index (κ2) is 8.80. The van der Waals surface area contributed by atoms with Gasteiger partial charge in [-0.3, -0.25) is 9.35 Å². The Balaban J connectivity index is 1.88. The van der Waals surface area contributed by atoms with Crippen LogP contribution in [-0.2, 0) is 19.6 Å². The van der Waals surface area contributed by atoms with Gasteiger partial charge in [0, 0.05) is 12.6 Å². The first kappa shape index (κ1) is 18.4. The highest BCUT2D eigenvalue weighted by atomic mass is 32.2. The normalized spacial score (nSPS) is 24.3. The van der Waals surface area contributed by atoms with E-state index in [0.29, 0.717) is 6.04 Å². The molecule has 132 valence electrons. The molecule has 0 aliphatic heterocycles. The molecule has 6 nitrogen and oxygen atoms in total. The van der Waals surface area contributed by atoms with Gasteiger partial charge in [-0.2, -0.15) is 8.42 Å². The maximum atomic E-state index is 12.2. The van der Waals surface area contributed by atoms with E-state index in [0.717, 1.165) is 44.9 Å². The molecule has 0 aromatic heterocycles. The third kappa shape index (κ3) is 7.01. The maximum Gasteiger partial charge on any atom is 0.313 e. The van der Waals surface area contributed by atoms with Gasteiger partial charge in [-0.1, -0.05) is 31.4 Å². The van der Waals surface area contributed by atoms with Gasteiger partial charge >= 0.3 is 5.97 Å². The molecule has 2 atom stereocenters. The predicted octanol–water partition coefficient (Wildman–Crippen LogP) is 2.06. The fourth-order valence-electron chi connectivity index (χ4n) is 3.23. The third-order valence-corrected chi connectivity index (χ3v) is 5.27. The molecule has 2 aliphatic carbocycles. The first-order valence-electron chi connectivity index (χ1n) is 8.50. The number of nitrogens with one attached hydrogen (secondary N) is 1. The fourth-order valence-corrected chi connectivity index (χ4v) is 3.89. The molecule has 0 bridgehead atoms. The lowest BCUT2D eigenvalue weighted by molar-refractivity contribution is -0.151. The fraction of sp³-hybridized carbons (Fsp3) is 0.812. The van der Waals surface area contributed by atoms with Crippen molar-refractivity contribution in [1.82, 2.24) is 5.32 Å². The van der Waals surface area contributed by atoms with E-state index in [9.17, 15) is 13.2 Å². The molecule has 7 heteroatoms. The summed E-state index contributed by atoms with van der Waals surface area (Å²) in [5.74, 6) is -1.27. The second-order valence-electron chi connectivity index (χ2n) is 6.52. The number of rotatable bonds is 7. The van der Waals surface area contributed by atoms with Crippen molar-refractivity contribution in [3.8, 4) is 0 Å². The maximum absolute atomic E-state index is 12.2. The van der Waals surface area contributed by atoms with Crippen LogP contribution in [0.2, 0.25) is 0 Å². The molecule has 1 saturated carbocycles. The Bertz CT molecular complexity index is 511. The van der Waals surface area contributed by atoms with Crippen LogP contribution in [0.25, 0.3) is 0 Å². The minimum atomic E-state index is -4.19. The molecular weight excluding hydrogens is 318 g/mol. The zero-order valence-corrected chi connectivity index (χ0v) is 14.3. The van der Waals surface area contributed by atoms with Crippen LogP contribution in [0, 0.1) is 5.92 Å². The zero-order valence-electron chi connectivity index (χ0n) is 13.4. The van der Waals surface area contributed by atoms with E-state index < -0.39 is 27.9 Å². The molecule has 0 spiro atoms. The van der Waals surface area contributed by atoms with Gasteiger partial charge in [0.25, 0.3) is 10.1 Å². The summed E-state index contributed by atoms with van der Waals surface area (Å²) in [6.45, 7) is 0.257. The Hall–Kier alpha value is -0.920. The monoisotopic (exact) mass is 345 g/mol. The SMILES string of the molecule is O=C(OC(CNC1CCCCC1)CS(=O)(=O)O)C1C=CCCC1. The third-order valence-electron chi connectivity index (χ3n) is 4.48. The summed E-state index contributed by atoms with van der Waals surface area (Å²) in [5, 5.41) is 3.28. The number of ether oxygens (including phenoxy) is 1. The van der Waals surface area contributed by atoms with Crippen molar-refractivity contribution < 1.29 is 22.5 Å². The van der Waals surface area contributed by atoms with Crippen molar-refractivity contribution in [3.05, 3.63) is 12.2 Å². The standard InChI is InChI=1S/C16H27NO5S/c18-16(13-7-3-1-4-8-13)22-15(12-23(19,20)21)11-17-14-9-5-2-6-10-14/h3,7,13-15,17H,1-2,4-6,8-12H2,(H,19,20,21). The molecule has 0 amide bonds. The van der Waals surface area contributed by atoms with E-state index in [4.69, 9.17) is 9.29 Å². The quantitative estimate of drug-likeness (QED) is 0.417. The Kier molecular flexibility index (Phi) is 7.05. The van der Waals surface area contributed by atoms with Crippen molar-refractivity contribution >= 4 is 16.1 Å².